The van der Waals surface area contributed by atoms with E-state index in [1.807, 2.05) is 32.9 Å². The van der Waals surface area contributed by atoms with Crippen molar-refractivity contribution in [2.24, 2.45) is 5.41 Å². The number of ether oxygens (including phenoxy) is 1. The van der Waals surface area contributed by atoms with Crippen LogP contribution >= 0.6 is 11.6 Å². The first-order chi connectivity index (χ1) is 8.38. The first-order valence-electron chi connectivity index (χ1n) is 6.11. The van der Waals surface area contributed by atoms with Gasteiger partial charge in [0.2, 0.25) is 5.91 Å². The van der Waals surface area contributed by atoms with E-state index in [9.17, 15) is 4.79 Å². The highest BCUT2D eigenvalue weighted by atomic mass is 35.5. The number of hydrogen-bond acceptors (Lipinski definition) is 2. The summed E-state index contributed by atoms with van der Waals surface area (Å²) in [5.74, 6) is 0.852. The summed E-state index contributed by atoms with van der Waals surface area (Å²) in [6.45, 7) is 6.32. The second kappa shape index (κ2) is 4.81. The average molecular weight is 268 g/mol. The van der Waals surface area contributed by atoms with E-state index in [4.69, 9.17) is 16.3 Å². The number of hydrogen-bond donors (Lipinski definition) is 1. The van der Waals surface area contributed by atoms with Crippen molar-refractivity contribution >= 4 is 17.5 Å². The Bertz CT molecular complexity index is 465. The van der Waals surface area contributed by atoms with Crippen LogP contribution < -0.4 is 10.1 Å². The maximum absolute atomic E-state index is 12.0. The number of amides is 1. The molecule has 1 N–H and O–H groups in total. The number of rotatable bonds is 1. The van der Waals surface area contributed by atoms with Crippen molar-refractivity contribution in [2.45, 2.75) is 33.2 Å². The van der Waals surface area contributed by atoms with Crippen LogP contribution in [-0.4, -0.2) is 12.5 Å². The summed E-state index contributed by atoms with van der Waals surface area (Å²) in [4.78, 5) is 12.0. The zero-order chi connectivity index (χ0) is 13.3. The number of halogens is 1. The molecular weight excluding hydrogens is 250 g/mol. The van der Waals surface area contributed by atoms with Crippen LogP contribution in [0.1, 0.15) is 38.8 Å². The van der Waals surface area contributed by atoms with Gasteiger partial charge >= 0.3 is 0 Å². The van der Waals surface area contributed by atoms with E-state index in [1.54, 1.807) is 6.07 Å². The van der Waals surface area contributed by atoms with E-state index in [1.165, 1.54) is 0 Å². The van der Waals surface area contributed by atoms with E-state index in [0.717, 1.165) is 17.7 Å². The molecule has 1 unspecified atom stereocenters. The summed E-state index contributed by atoms with van der Waals surface area (Å²) in [6.07, 6.45) is 0.773. The van der Waals surface area contributed by atoms with Crippen molar-refractivity contribution in [1.29, 1.82) is 0 Å². The van der Waals surface area contributed by atoms with E-state index in [2.05, 4.69) is 5.32 Å². The Kier molecular flexibility index (Phi) is 3.53. The molecule has 1 aromatic carbocycles. The third-order valence-corrected chi connectivity index (χ3v) is 3.23. The average Bonchev–Trinajstić information content (AvgIpc) is 2.28. The van der Waals surface area contributed by atoms with Crippen molar-refractivity contribution in [3.63, 3.8) is 0 Å². The molecular formula is C14H18ClNO2. The first-order valence-corrected chi connectivity index (χ1v) is 6.49. The molecule has 1 aliphatic rings. The second-order valence-corrected chi connectivity index (χ2v) is 6.03. The maximum Gasteiger partial charge on any atom is 0.225 e. The molecule has 0 radical (unpaired) electrons. The van der Waals surface area contributed by atoms with Crippen molar-refractivity contribution in [3.05, 3.63) is 28.8 Å². The Hall–Kier alpha value is -1.22. The summed E-state index contributed by atoms with van der Waals surface area (Å²) >= 11 is 6.00. The van der Waals surface area contributed by atoms with Crippen molar-refractivity contribution in [2.75, 3.05) is 6.61 Å². The lowest BCUT2D eigenvalue weighted by Crippen LogP contribution is -2.39. The van der Waals surface area contributed by atoms with Gasteiger partial charge in [-0.2, -0.15) is 0 Å². The van der Waals surface area contributed by atoms with Crippen molar-refractivity contribution < 1.29 is 9.53 Å². The van der Waals surface area contributed by atoms with Gasteiger partial charge in [-0.1, -0.05) is 32.4 Å². The van der Waals surface area contributed by atoms with Crippen LogP contribution in [-0.2, 0) is 4.79 Å². The fraction of sp³-hybridized carbons (Fsp3) is 0.500. The minimum absolute atomic E-state index is 0.0147. The van der Waals surface area contributed by atoms with Crippen LogP contribution in [0.25, 0.3) is 0 Å². The smallest absolute Gasteiger partial charge is 0.225 e. The van der Waals surface area contributed by atoms with Crippen LogP contribution in [0.2, 0.25) is 5.02 Å². The summed E-state index contributed by atoms with van der Waals surface area (Å²) in [6, 6.07) is 5.50. The quantitative estimate of drug-likeness (QED) is 0.848. The van der Waals surface area contributed by atoms with Crippen LogP contribution in [0.5, 0.6) is 5.75 Å². The molecule has 4 heteroatoms. The fourth-order valence-corrected chi connectivity index (χ4v) is 2.07. The van der Waals surface area contributed by atoms with E-state index >= 15 is 0 Å². The SMILES string of the molecule is CC(C)(C)C(=O)NC1CCOc2ccc(Cl)cc21. The highest BCUT2D eigenvalue weighted by Gasteiger charge is 2.28. The minimum atomic E-state index is -0.392. The molecule has 98 valence electrons. The van der Waals surface area contributed by atoms with Gasteiger partial charge in [-0.3, -0.25) is 4.79 Å². The van der Waals surface area contributed by atoms with Crippen molar-refractivity contribution in [1.82, 2.24) is 5.32 Å². The Morgan fingerprint density at radius 3 is 2.83 bits per heavy atom. The normalized spacial score (nSPS) is 18.8. The molecule has 1 aromatic rings. The number of fused-ring (bicyclic) bond motifs is 1. The third kappa shape index (κ3) is 2.78. The zero-order valence-electron chi connectivity index (χ0n) is 10.9. The largest absolute Gasteiger partial charge is 0.493 e. The molecule has 0 saturated carbocycles. The second-order valence-electron chi connectivity index (χ2n) is 5.60. The molecule has 0 aromatic heterocycles. The third-order valence-electron chi connectivity index (χ3n) is 3.00. The lowest BCUT2D eigenvalue weighted by atomic mass is 9.93. The molecule has 1 aliphatic heterocycles. The van der Waals surface area contributed by atoms with Crippen molar-refractivity contribution in [3.8, 4) is 5.75 Å². The first kappa shape index (κ1) is 13.2. The molecule has 1 amide bonds. The minimum Gasteiger partial charge on any atom is -0.493 e. The summed E-state index contributed by atoms with van der Waals surface area (Å²) < 4.78 is 5.57. The van der Waals surface area contributed by atoms with Gasteiger partial charge in [0.1, 0.15) is 5.75 Å². The number of carbonyl (C=O) groups excluding carboxylic acids is 1. The molecule has 18 heavy (non-hydrogen) atoms. The van der Waals surface area contributed by atoms with Crippen LogP contribution in [0.15, 0.2) is 18.2 Å². The molecule has 0 aliphatic carbocycles. The van der Waals surface area contributed by atoms with Gasteiger partial charge in [-0.15, -0.1) is 0 Å². The van der Waals surface area contributed by atoms with Crippen LogP contribution in [0, 0.1) is 5.41 Å². The summed E-state index contributed by atoms with van der Waals surface area (Å²) in [5.41, 5.74) is 0.572. The van der Waals surface area contributed by atoms with Gasteiger partial charge in [0.25, 0.3) is 0 Å². The molecule has 1 heterocycles. The number of nitrogens with one attached hydrogen (secondary N) is 1. The number of carbonyl (C=O) groups is 1. The molecule has 1 atom stereocenters. The van der Waals surface area contributed by atoms with Gasteiger partial charge in [0.15, 0.2) is 0 Å². The maximum atomic E-state index is 12.0. The Morgan fingerprint density at radius 2 is 2.17 bits per heavy atom. The summed E-state index contributed by atoms with van der Waals surface area (Å²) in [5, 5.41) is 3.73. The molecule has 0 fully saturated rings. The van der Waals surface area contributed by atoms with E-state index in [-0.39, 0.29) is 11.9 Å². The topological polar surface area (TPSA) is 38.3 Å². The zero-order valence-corrected chi connectivity index (χ0v) is 11.7. The molecule has 0 bridgehead atoms. The van der Waals surface area contributed by atoms with E-state index < -0.39 is 5.41 Å². The van der Waals surface area contributed by atoms with Gasteiger partial charge in [-0.05, 0) is 18.2 Å². The van der Waals surface area contributed by atoms with Gasteiger partial charge in [0.05, 0.1) is 12.6 Å². The molecule has 0 saturated heterocycles. The highest BCUT2D eigenvalue weighted by molar-refractivity contribution is 6.30. The predicted octanol–water partition coefficient (Wildman–Crippen LogP) is 3.33. The van der Waals surface area contributed by atoms with Gasteiger partial charge in [-0.25, -0.2) is 0 Å². The van der Waals surface area contributed by atoms with E-state index in [0.29, 0.717) is 11.6 Å². The highest BCUT2D eigenvalue weighted by Crippen LogP contribution is 2.34. The van der Waals surface area contributed by atoms with Gasteiger partial charge < -0.3 is 10.1 Å². The fourth-order valence-electron chi connectivity index (χ4n) is 1.89. The lowest BCUT2D eigenvalue weighted by molar-refractivity contribution is -0.129. The molecule has 3 nitrogen and oxygen atoms in total. The Labute approximate surface area is 112 Å². The van der Waals surface area contributed by atoms with Gasteiger partial charge in [0, 0.05) is 22.4 Å². The summed E-state index contributed by atoms with van der Waals surface area (Å²) in [7, 11) is 0. The standard InChI is InChI=1S/C14H18ClNO2/c1-14(2,3)13(17)16-11-6-7-18-12-5-4-9(15)8-10(11)12/h4-5,8,11H,6-7H2,1-3H3,(H,16,17). The van der Waals surface area contributed by atoms with Crippen LogP contribution in [0.3, 0.4) is 0 Å². The monoisotopic (exact) mass is 267 g/mol. The Morgan fingerprint density at radius 1 is 1.44 bits per heavy atom. The lowest BCUT2D eigenvalue weighted by Gasteiger charge is -2.29. The Balaban J connectivity index is 2.22. The molecule has 2 rings (SSSR count). The molecule has 0 spiro atoms. The van der Waals surface area contributed by atoms with Crippen LogP contribution in [0.4, 0.5) is 0 Å². The predicted molar refractivity (Wildman–Crippen MR) is 71.9 cm³/mol. The number of benzene rings is 1.